The zero-order chi connectivity index (χ0) is 17.8. The van der Waals surface area contributed by atoms with Gasteiger partial charge in [-0.05, 0) is 42.0 Å². The Hall–Kier alpha value is -3.78. The van der Waals surface area contributed by atoms with Crippen LogP contribution in [-0.4, -0.2) is 15.2 Å². The van der Waals surface area contributed by atoms with Crippen molar-refractivity contribution in [2.24, 2.45) is 0 Å². The van der Waals surface area contributed by atoms with Crippen LogP contribution in [0.5, 0.6) is 0 Å². The van der Waals surface area contributed by atoms with E-state index in [4.69, 9.17) is 5.26 Å². The lowest BCUT2D eigenvalue weighted by molar-refractivity contribution is 0.960. The van der Waals surface area contributed by atoms with Crippen LogP contribution in [0.3, 0.4) is 0 Å². The highest BCUT2D eigenvalue weighted by molar-refractivity contribution is 5.94. The molecule has 0 aliphatic heterocycles. The molecule has 0 bridgehead atoms. The van der Waals surface area contributed by atoms with Gasteiger partial charge in [-0.2, -0.15) is 10.4 Å². The van der Waals surface area contributed by atoms with Crippen molar-refractivity contribution in [3.63, 3.8) is 0 Å². The van der Waals surface area contributed by atoms with Crippen LogP contribution in [0.2, 0.25) is 0 Å². The summed E-state index contributed by atoms with van der Waals surface area (Å²) >= 11 is 0. The quantitative estimate of drug-likeness (QED) is 0.603. The predicted molar refractivity (Wildman–Crippen MR) is 101 cm³/mol. The molecule has 0 unspecified atom stereocenters. The van der Waals surface area contributed by atoms with E-state index in [1.165, 1.54) is 0 Å². The smallest absolute Gasteiger partial charge is 0.160 e. The Morgan fingerprint density at radius 3 is 2.31 bits per heavy atom. The Kier molecular flexibility index (Phi) is 4.23. The molecule has 0 spiro atoms. The van der Waals surface area contributed by atoms with E-state index in [1.54, 1.807) is 24.5 Å². The van der Waals surface area contributed by atoms with Gasteiger partial charge in [-0.25, -0.2) is 0 Å². The molecule has 0 aliphatic carbocycles. The normalized spacial score (nSPS) is 10.4. The van der Waals surface area contributed by atoms with Gasteiger partial charge in [-0.15, -0.1) is 5.10 Å². The van der Waals surface area contributed by atoms with E-state index in [0.717, 1.165) is 27.7 Å². The summed E-state index contributed by atoms with van der Waals surface area (Å²) in [4.78, 5) is 4.06. The Labute approximate surface area is 151 Å². The fourth-order valence-electron chi connectivity index (χ4n) is 2.84. The van der Waals surface area contributed by atoms with Crippen molar-refractivity contribution in [2.45, 2.75) is 6.42 Å². The third kappa shape index (κ3) is 3.21. The van der Waals surface area contributed by atoms with Crippen molar-refractivity contribution < 1.29 is 0 Å². The lowest BCUT2D eigenvalue weighted by Gasteiger charge is -2.11. The molecule has 2 aromatic heterocycles. The van der Waals surface area contributed by atoms with Gasteiger partial charge in [0.2, 0.25) is 0 Å². The number of nitriles is 1. The Bertz CT molecular complexity index is 1080. The van der Waals surface area contributed by atoms with Crippen LogP contribution in [0.15, 0.2) is 73.1 Å². The molecule has 5 nitrogen and oxygen atoms in total. The standard InChI is InChI=1S/C21H15N5/c22-14-16-5-7-17(8-6-16)24-21-19-4-2-1-3-18(19)20(25-26-21)13-15-9-11-23-12-10-15/h1-12H,13H2,(H,24,26). The van der Waals surface area contributed by atoms with Crippen molar-refractivity contribution in [1.82, 2.24) is 15.2 Å². The van der Waals surface area contributed by atoms with E-state index in [9.17, 15) is 0 Å². The Morgan fingerprint density at radius 1 is 0.846 bits per heavy atom. The van der Waals surface area contributed by atoms with E-state index >= 15 is 0 Å². The molecule has 2 aromatic carbocycles. The molecule has 0 radical (unpaired) electrons. The van der Waals surface area contributed by atoms with Gasteiger partial charge < -0.3 is 5.32 Å². The summed E-state index contributed by atoms with van der Waals surface area (Å²) in [5.41, 5.74) is 3.56. The number of hydrogen-bond donors (Lipinski definition) is 1. The molecule has 26 heavy (non-hydrogen) atoms. The summed E-state index contributed by atoms with van der Waals surface area (Å²) in [6.45, 7) is 0. The van der Waals surface area contributed by atoms with Crippen LogP contribution in [-0.2, 0) is 6.42 Å². The van der Waals surface area contributed by atoms with Gasteiger partial charge in [0.15, 0.2) is 5.82 Å². The fourth-order valence-corrected chi connectivity index (χ4v) is 2.84. The molecule has 0 saturated carbocycles. The second kappa shape index (κ2) is 6.99. The maximum Gasteiger partial charge on any atom is 0.160 e. The van der Waals surface area contributed by atoms with E-state index in [0.29, 0.717) is 17.8 Å². The highest BCUT2D eigenvalue weighted by atomic mass is 15.2. The van der Waals surface area contributed by atoms with Crippen molar-refractivity contribution in [3.8, 4) is 6.07 Å². The molecule has 124 valence electrons. The molecular weight excluding hydrogens is 322 g/mol. The highest BCUT2D eigenvalue weighted by Gasteiger charge is 2.10. The number of hydrogen-bond acceptors (Lipinski definition) is 5. The van der Waals surface area contributed by atoms with Gasteiger partial charge >= 0.3 is 0 Å². The second-order valence-corrected chi connectivity index (χ2v) is 5.89. The van der Waals surface area contributed by atoms with Gasteiger partial charge in [-0.1, -0.05) is 24.3 Å². The molecule has 1 N–H and O–H groups in total. The molecule has 4 rings (SSSR count). The maximum atomic E-state index is 8.91. The molecule has 0 atom stereocenters. The highest BCUT2D eigenvalue weighted by Crippen LogP contribution is 2.26. The first-order valence-electron chi connectivity index (χ1n) is 8.24. The fraction of sp³-hybridized carbons (Fsp3) is 0.0476. The van der Waals surface area contributed by atoms with Crippen molar-refractivity contribution in [1.29, 1.82) is 5.26 Å². The maximum absolute atomic E-state index is 8.91. The van der Waals surface area contributed by atoms with Gasteiger partial charge in [0.05, 0.1) is 17.3 Å². The van der Waals surface area contributed by atoms with Gasteiger partial charge in [0, 0.05) is 35.3 Å². The molecule has 5 heteroatoms. The van der Waals surface area contributed by atoms with Crippen molar-refractivity contribution >= 4 is 22.3 Å². The van der Waals surface area contributed by atoms with Crippen molar-refractivity contribution in [2.75, 3.05) is 5.32 Å². The molecule has 0 aliphatic rings. The zero-order valence-electron chi connectivity index (χ0n) is 13.9. The molecule has 0 amide bonds. The second-order valence-electron chi connectivity index (χ2n) is 5.89. The number of aromatic nitrogens is 3. The summed E-state index contributed by atoms with van der Waals surface area (Å²) in [7, 11) is 0. The average Bonchev–Trinajstić information content (AvgIpc) is 2.71. The van der Waals surface area contributed by atoms with Crippen LogP contribution >= 0.6 is 0 Å². The van der Waals surface area contributed by atoms with E-state index in [-0.39, 0.29) is 0 Å². The minimum Gasteiger partial charge on any atom is -0.338 e. The van der Waals surface area contributed by atoms with Gasteiger partial charge in [0.25, 0.3) is 0 Å². The minimum atomic E-state index is 0.624. The van der Waals surface area contributed by atoms with E-state index in [2.05, 4.69) is 32.6 Å². The number of pyridine rings is 1. The molecule has 4 aromatic rings. The molecule has 2 heterocycles. The topological polar surface area (TPSA) is 74.5 Å². The molecule has 0 fully saturated rings. The summed E-state index contributed by atoms with van der Waals surface area (Å²) in [6, 6.07) is 21.4. The molecule has 0 saturated heterocycles. The van der Waals surface area contributed by atoms with Crippen LogP contribution in [0.4, 0.5) is 11.5 Å². The summed E-state index contributed by atoms with van der Waals surface area (Å²) < 4.78 is 0. The van der Waals surface area contributed by atoms with Gasteiger partial charge in [0.1, 0.15) is 0 Å². The monoisotopic (exact) mass is 337 g/mol. The van der Waals surface area contributed by atoms with Crippen LogP contribution in [0, 0.1) is 11.3 Å². The van der Waals surface area contributed by atoms with Crippen LogP contribution in [0.1, 0.15) is 16.8 Å². The van der Waals surface area contributed by atoms with Crippen LogP contribution < -0.4 is 5.32 Å². The van der Waals surface area contributed by atoms with Crippen LogP contribution in [0.25, 0.3) is 10.8 Å². The number of rotatable bonds is 4. The van der Waals surface area contributed by atoms with Gasteiger partial charge in [-0.3, -0.25) is 4.98 Å². The zero-order valence-corrected chi connectivity index (χ0v) is 13.9. The third-order valence-electron chi connectivity index (χ3n) is 4.16. The average molecular weight is 337 g/mol. The van der Waals surface area contributed by atoms with E-state index < -0.39 is 0 Å². The number of fused-ring (bicyclic) bond motifs is 1. The predicted octanol–water partition coefficient (Wildman–Crippen LogP) is 4.23. The first kappa shape index (κ1) is 15.7. The minimum absolute atomic E-state index is 0.624. The molecular formula is C21H15N5. The number of benzene rings is 2. The Balaban J connectivity index is 1.70. The first-order valence-corrected chi connectivity index (χ1v) is 8.24. The summed E-state index contributed by atoms with van der Waals surface area (Å²) in [5.74, 6) is 0.698. The van der Waals surface area contributed by atoms with Crippen molar-refractivity contribution in [3.05, 3.63) is 89.9 Å². The SMILES string of the molecule is N#Cc1ccc(Nc2nnc(Cc3ccncc3)c3ccccc23)cc1. The number of anilines is 2. The summed E-state index contributed by atoms with van der Waals surface area (Å²) in [6.07, 6.45) is 4.27. The lowest BCUT2D eigenvalue weighted by atomic mass is 10.0. The number of nitrogens with one attached hydrogen (secondary N) is 1. The summed E-state index contributed by atoms with van der Waals surface area (Å²) in [5, 5.41) is 23.1. The first-order chi connectivity index (χ1) is 12.8. The largest absolute Gasteiger partial charge is 0.338 e. The van der Waals surface area contributed by atoms with E-state index in [1.807, 2.05) is 42.5 Å². The third-order valence-corrected chi connectivity index (χ3v) is 4.16. The lowest BCUT2D eigenvalue weighted by Crippen LogP contribution is -2.02. The number of nitrogens with zero attached hydrogens (tertiary/aromatic N) is 4. The Morgan fingerprint density at radius 2 is 1.58 bits per heavy atom.